The maximum absolute atomic E-state index is 13.4. The molecule has 0 saturated carbocycles. The maximum Gasteiger partial charge on any atom is 0.345 e. The van der Waals surface area contributed by atoms with Crippen molar-refractivity contribution in [1.29, 1.82) is 0 Å². The lowest BCUT2D eigenvalue weighted by atomic mass is 10.1. The molecule has 0 radical (unpaired) electrons. The summed E-state index contributed by atoms with van der Waals surface area (Å²) in [5, 5.41) is 4.33. The Bertz CT molecular complexity index is 1150. The minimum atomic E-state index is -3.82. The second-order valence-corrected chi connectivity index (χ2v) is 8.41. The zero-order valence-electron chi connectivity index (χ0n) is 15.5. The SMILES string of the molecule is COc1ccc(S(=O)(=O)N2CCn3c(nn(C)c3=O)C2c2ccccc2)cc1. The van der Waals surface area contributed by atoms with Gasteiger partial charge < -0.3 is 4.74 Å². The molecule has 1 aliphatic rings. The number of ether oxygens (including phenoxy) is 1. The van der Waals surface area contributed by atoms with Gasteiger partial charge in [-0.1, -0.05) is 30.3 Å². The van der Waals surface area contributed by atoms with Crippen molar-refractivity contribution in [2.24, 2.45) is 7.05 Å². The van der Waals surface area contributed by atoms with Crippen molar-refractivity contribution in [2.75, 3.05) is 13.7 Å². The van der Waals surface area contributed by atoms with E-state index in [0.29, 0.717) is 11.6 Å². The normalized spacial score (nSPS) is 17.3. The third-order valence-corrected chi connectivity index (χ3v) is 6.77. The largest absolute Gasteiger partial charge is 0.497 e. The smallest absolute Gasteiger partial charge is 0.345 e. The van der Waals surface area contributed by atoms with Crippen LogP contribution in [0.1, 0.15) is 17.4 Å². The summed E-state index contributed by atoms with van der Waals surface area (Å²) in [7, 11) is -0.722. The van der Waals surface area contributed by atoms with E-state index in [1.165, 1.54) is 32.8 Å². The van der Waals surface area contributed by atoms with E-state index < -0.39 is 16.1 Å². The molecule has 0 aliphatic carbocycles. The summed E-state index contributed by atoms with van der Waals surface area (Å²) in [6, 6.07) is 14.8. The second-order valence-electron chi connectivity index (χ2n) is 6.52. The predicted octanol–water partition coefficient (Wildman–Crippen LogP) is 1.38. The van der Waals surface area contributed by atoms with Gasteiger partial charge >= 0.3 is 5.69 Å². The Kier molecular flexibility index (Phi) is 4.56. The number of sulfonamides is 1. The van der Waals surface area contributed by atoms with E-state index in [-0.39, 0.29) is 23.7 Å². The molecule has 4 rings (SSSR count). The van der Waals surface area contributed by atoms with Crippen molar-refractivity contribution >= 4 is 10.0 Å². The van der Waals surface area contributed by atoms with Gasteiger partial charge in [-0.15, -0.1) is 0 Å². The number of rotatable bonds is 4. The Hall–Kier alpha value is -2.91. The van der Waals surface area contributed by atoms with Crippen LogP contribution >= 0.6 is 0 Å². The number of aromatic nitrogens is 3. The van der Waals surface area contributed by atoms with Gasteiger partial charge in [-0.3, -0.25) is 4.57 Å². The Morgan fingerprint density at radius 2 is 1.71 bits per heavy atom. The minimum Gasteiger partial charge on any atom is -0.497 e. The molecule has 146 valence electrons. The molecule has 1 aliphatic heterocycles. The first-order valence-corrected chi connectivity index (χ1v) is 10.2. The fourth-order valence-corrected chi connectivity index (χ4v) is 5.05. The molecule has 2 aromatic carbocycles. The molecule has 0 fully saturated rings. The van der Waals surface area contributed by atoms with Crippen molar-refractivity contribution in [3.8, 4) is 5.75 Å². The van der Waals surface area contributed by atoms with Crippen LogP contribution in [0, 0.1) is 0 Å². The third-order valence-electron chi connectivity index (χ3n) is 4.89. The highest BCUT2D eigenvalue weighted by Gasteiger charge is 2.40. The molecule has 0 bridgehead atoms. The van der Waals surface area contributed by atoms with E-state index in [4.69, 9.17) is 4.74 Å². The number of benzene rings is 2. The van der Waals surface area contributed by atoms with Gasteiger partial charge in [0.15, 0.2) is 5.82 Å². The number of methoxy groups -OCH3 is 1. The first-order chi connectivity index (χ1) is 13.4. The molecule has 0 spiro atoms. The molecule has 0 N–H and O–H groups in total. The lowest BCUT2D eigenvalue weighted by Crippen LogP contribution is -2.44. The highest BCUT2D eigenvalue weighted by atomic mass is 32.2. The van der Waals surface area contributed by atoms with Crippen molar-refractivity contribution in [2.45, 2.75) is 17.5 Å². The van der Waals surface area contributed by atoms with E-state index in [9.17, 15) is 13.2 Å². The number of nitrogens with zero attached hydrogens (tertiary/aromatic N) is 4. The lowest BCUT2D eigenvalue weighted by Gasteiger charge is -2.34. The summed E-state index contributed by atoms with van der Waals surface area (Å²) < 4.78 is 36.2. The van der Waals surface area contributed by atoms with Gasteiger partial charge in [0.2, 0.25) is 10.0 Å². The van der Waals surface area contributed by atoms with Gasteiger partial charge in [0.1, 0.15) is 11.8 Å². The van der Waals surface area contributed by atoms with Crippen LogP contribution < -0.4 is 10.4 Å². The van der Waals surface area contributed by atoms with Gasteiger partial charge in [0, 0.05) is 20.1 Å². The topological polar surface area (TPSA) is 86.4 Å². The third kappa shape index (κ3) is 2.92. The fourth-order valence-electron chi connectivity index (χ4n) is 3.48. The molecular weight excluding hydrogens is 380 g/mol. The molecule has 2 heterocycles. The summed E-state index contributed by atoms with van der Waals surface area (Å²) in [4.78, 5) is 12.5. The number of aryl methyl sites for hydroxylation is 1. The van der Waals surface area contributed by atoms with Crippen LogP contribution in [0.5, 0.6) is 5.75 Å². The maximum atomic E-state index is 13.4. The van der Waals surface area contributed by atoms with Crippen molar-refractivity contribution < 1.29 is 13.2 Å². The van der Waals surface area contributed by atoms with Gasteiger partial charge in [0.25, 0.3) is 0 Å². The predicted molar refractivity (Wildman–Crippen MR) is 103 cm³/mol. The van der Waals surface area contributed by atoms with E-state index in [0.717, 1.165) is 5.56 Å². The summed E-state index contributed by atoms with van der Waals surface area (Å²) in [5.74, 6) is 0.998. The van der Waals surface area contributed by atoms with Crippen LogP contribution in [0.4, 0.5) is 0 Å². The molecule has 1 aromatic heterocycles. The second kappa shape index (κ2) is 6.92. The molecule has 8 nitrogen and oxygen atoms in total. The summed E-state index contributed by atoms with van der Waals surface area (Å²) in [6.45, 7) is 0.424. The van der Waals surface area contributed by atoms with Crippen LogP contribution in [0.3, 0.4) is 0 Å². The van der Waals surface area contributed by atoms with Crippen molar-refractivity contribution in [3.63, 3.8) is 0 Å². The molecule has 1 unspecified atom stereocenters. The molecular formula is C19H20N4O4S. The van der Waals surface area contributed by atoms with Gasteiger partial charge in [-0.2, -0.15) is 9.40 Å². The minimum absolute atomic E-state index is 0.168. The standard InChI is InChI=1S/C19H20N4O4S/c1-21-19(24)22-12-13-23(17(18(22)20-21)14-6-4-3-5-7-14)28(25,26)16-10-8-15(27-2)9-11-16/h3-11,17H,12-13H2,1-2H3. The zero-order chi connectivity index (χ0) is 19.9. The molecule has 0 saturated heterocycles. The summed E-state index contributed by atoms with van der Waals surface area (Å²) >= 11 is 0. The van der Waals surface area contributed by atoms with E-state index in [2.05, 4.69) is 5.10 Å². The summed E-state index contributed by atoms with van der Waals surface area (Å²) in [6.07, 6.45) is 0. The van der Waals surface area contributed by atoms with Crippen molar-refractivity contribution in [1.82, 2.24) is 18.7 Å². The quantitative estimate of drug-likeness (QED) is 0.661. The highest BCUT2D eigenvalue weighted by Crippen LogP contribution is 2.34. The molecule has 1 atom stereocenters. The van der Waals surface area contributed by atoms with Crippen LogP contribution in [0.25, 0.3) is 0 Å². The van der Waals surface area contributed by atoms with Gasteiger partial charge in [0.05, 0.1) is 12.0 Å². The van der Waals surface area contributed by atoms with Crippen LogP contribution in [-0.4, -0.2) is 40.7 Å². The average molecular weight is 400 g/mol. The molecule has 3 aromatic rings. The van der Waals surface area contributed by atoms with Crippen LogP contribution in [0.2, 0.25) is 0 Å². The van der Waals surface area contributed by atoms with Gasteiger partial charge in [-0.25, -0.2) is 17.9 Å². The van der Waals surface area contributed by atoms with E-state index in [1.54, 1.807) is 19.2 Å². The van der Waals surface area contributed by atoms with Crippen molar-refractivity contribution in [3.05, 3.63) is 76.5 Å². The van der Waals surface area contributed by atoms with E-state index >= 15 is 0 Å². The Morgan fingerprint density at radius 1 is 1.04 bits per heavy atom. The summed E-state index contributed by atoms with van der Waals surface area (Å²) in [5.41, 5.74) is 0.503. The number of hydrogen-bond donors (Lipinski definition) is 0. The monoisotopic (exact) mass is 400 g/mol. The Labute approximate surface area is 162 Å². The Balaban J connectivity index is 1.86. The number of fused-ring (bicyclic) bond motifs is 1. The highest BCUT2D eigenvalue weighted by molar-refractivity contribution is 7.89. The van der Waals surface area contributed by atoms with Crippen LogP contribution in [-0.2, 0) is 23.6 Å². The first-order valence-electron chi connectivity index (χ1n) is 8.78. The van der Waals surface area contributed by atoms with E-state index in [1.807, 2.05) is 30.3 Å². The van der Waals surface area contributed by atoms with Gasteiger partial charge in [-0.05, 0) is 29.8 Å². The number of hydrogen-bond acceptors (Lipinski definition) is 5. The fraction of sp³-hybridized carbons (Fsp3) is 0.263. The van der Waals surface area contributed by atoms with Crippen LogP contribution in [0.15, 0.2) is 64.3 Å². The zero-order valence-corrected chi connectivity index (χ0v) is 16.3. The molecule has 28 heavy (non-hydrogen) atoms. The lowest BCUT2D eigenvalue weighted by molar-refractivity contribution is 0.289. The average Bonchev–Trinajstić information content (AvgIpc) is 3.02. The molecule has 0 amide bonds. The molecule has 9 heteroatoms. The Morgan fingerprint density at radius 3 is 2.36 bits per heavy atom. The first kappa shape index (κ1) is 18.5.